The first kappa shape index (κ1) is 14.9. The largest absolute Gasteiger partial charge is 0.380 e. The second-order valence-electron chi connectivity index (χ2n) is 4.05. The van der Waals surface area contributed by atoms with Crippen molar-refractivity contribution in [2.75, 3.05) is 5.32 Å². The number of nitro groups is 1. The van der Waals surface area contributed by atoms with Gasteiger partial charge in [-0.05, 0) is 45.8 Å². The Bertz CT molecular complexity index is 665. The lowest BCUT2D eigenvalue weighted by atomic mass is 10.2. The number of hydrogen-bond acceptors (Lipinski definition) is 3. The van der Waals surface area contributed by atoms with E-state index in [0.717, 1.165) is 10.0 Å². The summed E-state index contributed by atoms with van der Waals surface area (Å²) < 4.78 is 14.5. The Labute approximate surface area is 131 Å². The van der Waals surface area contributed by atoms with Crippen LogP contribution in [0.2, 0.25) is 0 Å². The average Bonchev–Trinajstić information content (AvgIpc) is 2.39. The molecule has 0 saturated heterocycles. The number of hydrogen-bond donors (Lipinski definition) is 1. The van der Waals surface area contributed by atoms with Gasteiger partial charge >= 0.3 is 0 Å². The summed E-state index contributed by atoms with van der Waals surface area (Å²) in [4.78, 5) is 10.3. The van der Waals surface area contributed by atoms with Crippen LogP contribution in [0.15, 0.2) is 45.3 Å². The average molecular weight is 404 g/mol. The highest BCUT2D eigenvalue weighted by Gasteiger charge is 2.09. The minimum Gasteiger partial charge on any atom is -0.380 e. The van der Waals surface area contributed by atoms with Gasteiger partial charge in [0.1, 0.15) is 5.82 Å². The predicted molar refractivity (Wildman–Crippen MR) is 82.2 cm³/mol. The van der Waals surface area contributed by atoms with E-state index < -0.39 is 4.92 Å². The van der Waals surface area contributed by atoms with Crippen LogP contribution in [0.25, 0.3) is 0 Å². The van der Waals surface area contributed by atoms with E-state index in [0.29, 0.717) is 16.7 Å². The first-order valence-electron chi connectivity index (χ1n) is 5.58. The van der Waals surface area contributed by atoms with Crippen molar-refractivity contribution in [2.45, 2.75) is 6.54 Å². The molecule has 1 N–H and O–H groups in total. The molecule has 0 aliphatic rings. The maximum Gasteiger partial charge on any atom is 0.270 e. The molecule has 2 rings (SSSR count). The van der Waals surface area contributed by atoms with Crippen LogP contribution in [0.1, 0.15) is 5.56 Å². The fourth-order valence-corrected chi connectivity index (χ4v) is 2.59. The topological polar surface area (TPSA) is 55.2 Å². The van der Waals surface area contributed by atoms with Crippen molar-refractivity contribution in [2.24, 2.45) is 0 Å². The zero-order chi connectivity index (χ0) is 14.7. The minimum absolute atomic E-state index is 0.00878. The van der Waals surface area contributed by atoms with Crippen molar-refractivity contribution in [1.82, 2.24) is 0 Å². The quantitative estimate of drug-likeness (QED) is 0.585. The van der Waals surface area contributed by atoms with E-state index >= 15 is 0 Å². The summed E-state index contributed by atoms with van der Waals surface area (Å²) in [7, 11) is 0. The second kappa shape index (κ2) is 6.32. The van der Waals surface area contributed by atoms with Crippen molar-refractivity contribution in [3.63, 3.8) is 0 Å². The number of nitro benzene ring substituents is 1. The molecule has 0 heterocycles. The lowest BCUT2D eigenvalue weighted by Crippen LogP contribution is -2.01. The van der Waals surface area contributed by atoms with E-state index in [1.165, 1.54) is 24.3 Å². The summed E-state index contributed by atoms with van der Waals surface area (Å²) in [6, 6.07) is 8.98. The zero-order valence-electron chi connectivity index (χ0n) is 10.1. The van der Waals surface area contributed by atoms with Crippen LogP contribution in [0.4, 0.5) is 15.8 Å². The highest BCUT2D eigenvalue weighted by atomic mass is 79.9. The van der Waals surface area contributed by atoms with Crippen molar-refractivity contribution in [1.29, 1.82) is 0 Å². The van der Waals surface area contributed by atoms with Crippen LogP contribution < -0.4 is 5.32 Å². The molecule has 0 bridgehead atoms. The van der Waals surface area contributed by atoms with Crippen LogP contribution in [0, 0.1) is 15.9 Å². The van der Waals surface area contributed by atoms with E-state index in [4.69, 9.17) is 0 Å². The van der Waals surface area contributed by atoms with Gasteiger partial charge in [-0.15, -0.1) is 0 Å². The Balaban J connectivity index is 2.18. The summed E-state index contributed by atoms with van der Waals surface area (Å²) in [5, 5.41) is 13.8. The van der Waals surface area contributed by atoms with Gasteiger partial charge in [-0.3, -0.25) is 10.1 Å². The highest BCUT2D eigenvalue weighted by molar-refractivity contribution is 9.10. The second-order valence-corrected chi connectivity index (χ2v) is 5.82. The van der Waals surface area contributed by atoms with Gasteiger partial charge in [-0.25, -0.2) is 4.39 Å². The van der Waals surface area contributed by atoms with Crippen LogP contribution >= 0.6 is 31.9 Å². The van der Waals surface area contributed by atoms with E-state index in [-0.39, 0.29) is 11.5 Å². The van der Waals surface area contributed by atoms with Gasteiger partial charge in [0, 0.05) is 27.6 Å². The molecule has 0 aliphatic carbocycles. The van der Waals surface area contributed by atoms with Crippen LogP contribution in [0.3, 0.4) is 0 Å². The molecule has 104 valence electrons. The Kier molecular flexibility index (Phi) is 4.72. The van der Waals surface area contributed by atoms with Gasteiger partial charge in [-0.1, -0.05) is 15.9 Å². The molecule has 0 amide bonds. The molecule has 20 heavy (non-hydrogen) atoms. The summed E-state index contributed by atoms with van der Waals surface area (Å²) in [6.07, 6.45) is 0. The van der Waals surface area contributed by atoms with Gasteiger partial charge in [0.15, 0.2) is 0 Å². The van der Waals surface area contributed by atoms with Gasteiger partial charge in [0.25, 0.3) is 5.69 Å². The fourth-order valence-electron chi connectivity index (χ4n) is 1.67. The van der Waals surface area contributed by atoms with Crippen LogP contribution in [-0.2, 0) is 6.54 Å². The summed E-state index contributed by atoms with van der Waals surface area (Å²) in [5.41, 5.74) is 1.32. The third-order valence-corrected chi connectivity index (χ3v) is 3.71. The number of nitrogens with one attached hydrogen (secondary N) is 1. The van der Waals surface area contributed by atoms with Gasteiger partial charge < -0.3 is 5.32 Å². The van der Waals surface area contributed by atoms with Gasteiger partial charge in [-0.2, -0.15) is 0 Å². The van der Waals surface area contributed by atoms with Crippen LogP contribution in [-0.4, -0.2) is 4.92 Å². The molecule has 0 fully saturated rings. The zero-order valence-corrected chi connectivity index (χ0v) is 13.2. The van der Waals surface area contributed by atoms with Crippen molar-refractivity contribution in [3.8, 4) is 0 Å². The summed E-state index contributed by atoms with van der Waals surface area (Å²) in [6.45, 7) is 0.350. The van der Waals surface area contributed by atoms with E-state index in [1.54, 1.807) is 12.1 Å². The monoisotopic (exact) mass is 402 g/mol. The summed E-state index contributed by atoms with van der Waals surface area (Å²) in [5.74, 6) is -0.351. The lowest BCUT2D eigenvalue weighted by molar-refractivity contribution is -0.385. The van der Waals surface area contributed by atoms with Crippen LogP contribution in [0.5, 0.6) is 0 Å². The first-order chi connectivity index (χ1) is 9.45. The molecule has 0 aliphatic heterocycles. The fraction of sp³-hybridized carbons (Fsp3) is 0.0769. The Morgan fingerprint density at radius 1 is 1.20 bits per heavy atom. The predicted octanol–water partition coefficient (Wildman–Crippen LogP) is 4.87. The summed E-state index contributed by atoms with van der Waals surface area (Å²) >= 11 is 6.54. The highest BCUT2D eigenvalue weighted by Crippen LogP contribution is 2.25. The molecule has 0 atom stereocenters. The third kappa shape index (κ3) is 3.77. The van der Waals surface area contributed by atoms with Gasteiger partial charge in [0.2, 0.25) is 0 Å². The molecule has 7 heteroatoms. The number of anilines is 1. The molecule has 0 saturated carbocycles. The normalized spacial score (nSPS) is 10.3. The molecular weight excluding hydrogens is 395 g/mol. The number of rotatable bonds is 4. The standard InChI is InChI=1S/C13H9Br2FN2O2/c14-9-3-8(4-11(5-9)18(19)20)7-17-13-6-10(16)1-2-12(13)15/h1-6,17H,7H2. The van der Waals surface area contributed by atoms with E-state index in [9.17, 15) is 14.5 Å². The molecule has 0 unspecified atom stereocenters. The minimum atomic E-state index is -0.452. The smallest absolute Gasteiger partial charge is 0.270 e. The van der Waals surface area contributed by atoms with Crippen molar-refractivity contribution < 1.29 is 9.31 Å². The van der Waals surface area contributed by atoms with Gasteiger partial charge in [0.05, 0.1) is 10.6 Å². The number of halogens is 3. The number of nitrogens with zero attached hydrogens (tertiary/aromatic N) is 1. The first-order valence-corrected chi connectivity index (χ1v) is 7.17. The molecule has 0 spiro atoms. The maximum absolute atomic E-state index is 13.1. The number of benzene rings is 2. The Hall–Kier alpha value is -1.47. The third-order valence-electron chi connectivity index (χ3n) is 2.56. The molecule has 0 radical (unpaired) electrons. The van der Waals surface area contributed by atoms with Crippen molar-refractivity contribution in [3.05, 3.63) is 66.8 Å². The molecule has 4 nitrogen and oxygen atoms in total. The van der Waals surface area contributed by atoms with Crippen molar-refractivity contribution >= 4 is 43.2 Å². The van der Waals surface area contributed by atoms with E-state index in [1.807, 2.05) is 0 Å². The lowest BCUT2D eigenvalue weighted by Gasteiger charge is -2.09. The Morgan fingerprint density at radius 3 is 2.65 bits per heavy atom. The number of non-ortho nitro benzene ring substituents is 1. The molecule has 2 aromatic carbocycles. The Morgan fingerprint density at radius 2 is 1.95 bits per heavy atom. The molecule has 2 aromatic rings. The molecule has 0 aromatic heterocycles. The SMILES string of the molecule is O=[N+]([O-])c1cc(Br)cc(CNc2cc(F)ccc2Br)c1. The molecular formula is C13H9Br2FN2O2. The maximum atomic E-state index is 13.1. The van der Waals surface area contributed by atoms with E-state index in [2.05, 4.69) is 37.2 Å².